The average Bonchev–Trinajstić information content (AvgIpc) is 2.62. The molecule has 0 N–H and O–H groups in total. The van der Waals surface area contributed by atoms with Gasteiger partial charge in [-0.1, -0.05) is 38.1 Å². The van der Waals surface area contributed by atoms with Crippen molar-refractivity contribution in [3.8, 4) is 11.5 Å². The third-order valence-corrected chi connectivity index (χ3v) is 5.97. The fraction of sp³-hybridized carbons (Fsp3) is 0.316. The van der Waals surface area contributed by atoms with Crippen molar-refractivity contribution in [2.45, 2.75) is 24.0 Å². The number of carbonyl (C=O) groups excluding carboxylic acids is 1. The third-order valence-electron chi connectivity index (χ3n) is 3.92. The minimum atomic E-state index is -3.89. The molecular weight excluding hydrogens is 340 g/mol. The van der Waals surface area contributed by atoms with Gasteiger partial charge >= 0.3 is 0 Å². The molecule has 0 aliphatic heterocycles. The quantitative estimate of drug-likeness (QED) is 0.754. The van der Waals surface area contributed by atoms with Crippen molar-refractivity contribution in [1.82, 2.24) is 0 Å². The highest BCUT2D eigenvalue weighted by molar-refractivity contribution is 7.92. The number of ether oxygens (including phenoxy) is 2. The second-order valence-corrected chi connectivity index (χ2v) is 7.94. The smallest absolute Gasteiger partial charge is 0.192 e. The first kappa shape index (κ1) is 19.0. The van der Waals surface area contributed by atoms with Gasteiger partial charge in [-0.25, -0.2) is 8.42 Å². The number of hydrogen-bond acceptors (Lipinski definition) is 5. The van der Waals surface area contributed by atoms with Gasteiger partial charge in [-0.3, -0.25) is 4.79 Å². The number of hydrogen-bond donors (Lipinski definition) is 0. The second kappa shape index (κ2) is 7.70. The molecule has 0 saturated heterocycles. The lowest BCUT2D eigenvalue weighted by Gasteiger charge is -2.20. The number of benzene rings is 2. The molecule has 0 saturated carbocycles. The van der Waals surface area contributed by atoms with Crippen molar-refractivity contribution in [3.05, 3.63) is 54.1 Å². The molecule has 0 amide bonds. The van der Waals surface area contributed by atoms with Gasteiger partial charge in [0.2, 0.25) is 0 Å². The van der Waals surface area contributed by atoms with E-state index in [1.807, 2.05) is 0 Å². The van der Waals surface area contributed by atoms with Crippen LogP contribution in [0, 0.1) is 5.92 Å². The molecule has 0 spiro atoms. The lowest BCUT2D eigenvalue weighted by atomic mass is 10.00. The molecule has 0 bridgehead atoms. The summed E-state index contributed by atoms with van der Waals surface area (Å²) in [5, 5.41) is -1.30. The van der Waals surface area contributed by atoms with Crippen LogP contribution >= 0.6 is 0 Å². The first-order chi connectivity index (χ1) is 11.8. The fourth-order valence-electron chi connectivity index (χ4n) is 2.56. The fourth-order valence-corrected chi connectivity index (χ4v) is 4.45. The molecule has 0 fully saturated rings. The Bertz CT molecular complexity index is 841. The molecule has 5 nitrogen and oxygen atoms in total. The van der Waals surface area contributed by atoms with E-state index in [0.29, 0.717) is 17.1 Å². The summed E-state index contributed by atoms with van der Waals surface area (Å²) in [5.74, 6) is 0.0524. The topological polar surface area (TPSA) is 69.7 Å². The van der Waals surface area contributed by atoms with Gasteiger partial charge in [0.1, 0.15) is 5.25 Å². The SMILES string of the molecule is COc1ccc(C(C(=O)C(C)C)S(=O)(=O)c2ccccc2)cc1OC. The van der Waals surface area contributed by atoms with E-state index >= 15 is 0 Å². The molecule has 2 aromatic carbocycles. The summed E-state index contributed by atoms with van der Waals surface area (Å²) in [7, 11) is -0.929. The van der Waals surface area contributed by atoms with Crippen LogP contribution < -0.4 is 9.47 Å². The zero-order valence-electron chi connectivity index (χ0n) is 14.7. The van der Waals surface area contributed by atoms with Crippen molar-refractivity contribution in [2.24, 2.45) is 5.92 Å². The van der Waals surface area contributed by atoms with E-state index in [9.17, 15) is 13.2 Å². The van der Waals surface area contributed by atoms with Crippen LogP contribution in [0.3, 0.4) is 0 Å². The Balaban J connectivity index is 2.64. The van der Waals surface area contributed by atoms with Gasteiger partial charge in [0, 0.05) is 5.92 Å². The molecule has 1 atom stereocenters. The number of rotatable bonds is 7. The molecule has 25 heavy (non-hydrogen) atoms. The van der Waals surface area contributed by atoms with Crippen LogP contribution in [0.5, 0.6) is 11.5 Å². The lowest BCUT2D eigenvalue weighted by Crippen LogP contribution is -2.26. The van der Waals surface area contributed by atoms with Crippen LogP contribution in [0.2, 0.25) is 0 Å². The summed E-state index contributed by atoms with van der Waals surface area (Å²) in [5.41, 5.74) is 0.361. The number of ketones is 1. The maximum absolute atomic E-state index is 13.1. The van der Waals surface area contributed by atoms with Gasteiger partial charge in [-0.2, -0.15) is 0 Å². The molecule has 134 valence electrons. The summed E-state index contributed by atoms with van der Waals surface area (Å²) in [6.45, 7) is 3.38. The Morgan fingerprint density at radius 1 is 0.920 bits per heavy atom. The van der Waals surface area contributed by atoms with E-state index < -0.39 is 21.0 Å². The molecule has 6 heteroatoms. The Labute approximate surface area is 148 Å². The summed E-state index contributed by atoms with van der Waals surface area (Å²) in [4.78, 5) is 12.9. The number of sulfone groups is 1. The zero-order chi connectivity index (χ0) is 18.6. The average molecular weight is 362 g/mol. The molecule has 0 aromatic heterocycles. The van der Waals surface area contributed by atoms with E-state index in [0.717, 1.165) is 0 Å². The Morgan fingerprint density at radius 3 is 2.04 bits per heavy atom. The monoisotopic (exact) mass is 362 g/mol. The minimum absolute atomic E-state index is 0.115. The van der Waals surface area contributed by atoms with Crippen LogP contribution in [0.25, 0.3) is 0 Å². The van der Waals surface area contributed by atoms with E-state index in [1.54, 1.807) is 50.2 Å². The van der Waals surface area contributed by atoms with E-state index in [1.165, 1.54) is 26.4 Å². The van der Waals surface area contributed by atoms with Crippen molar-refractivity contribution in [1.29, 1.82) is 0 Å². The van der Waals surface area contributed by atoms with Crippen LogP contribution in [-0.2, 0) is 14.6 Å². The Morgan fingerprint density at radius 2 is 1.52 bits per heavy atom. The van der Waals surface area contributed by atoms with Gasteiger partial charge in [-0.05, 0) is 29.8 Å². The molecule has 0 aliphatic rings. The first-order valence-corrected chi connectivity index (χ1v) is 9.42. The van der Waals surface area contributed by atoms with Crippen LogP contribution in [0.4, 0.5) is 0 Å². The van der Waals surface area contributed by atoms with Crippen molar-refractivity contribution >= 4 is 15.6 Å². The normalized spacial score (nSPS) is 12.7. The number of methoxy groups -OCH3 is 2. The highest BCUT2D eigenvalue weighted by Gasteiger charge is 2.37. The molecule has 0 radical (unpaired) electrons. The maximum Gasteiger partial charge on any atom is 0.192 e. The summed E-state index contributed by atoms with van der Waals surface area (Å²) < 4.78 is 36.7. The van der Waals surface area contributed by atoms with Crippen molar-refractivity contribution in [3.63, 3.8) is 0 Å². The number of carbonyl (C=O) groups is 1. The first-order valence-electron chi connectivity index (χ1n) is 7.87. The Hall–Kier alpha value is -2.34. The molecular formula is C19H22O5S. The molecule has 2 aromatic rings. The van der Waals surface area contributed by atoms with Gasteiger partial charge in [0.05, 0.1) is 19.1 Å². The lowest BCUT2D eigenvalue weighted by molar-refractivity contribution is -0.121. The maximum atomic E-state index is 13.1. The zero-order valence-corrected chi connectivity index (χ0v) is 15.5. The molecule has 0 heterocycles. The van der Waals surface area contributed by atoms with Crippen LogP contribution in [0.15, 0.2) is 53.4 Å². The summed E-state index contributed by atoms with van der Waals surface area (Å²) in [6, 6.07) is 12.7. The van der Waals surface area contributed by atoms with Gasteiger partial charge in [-0.15, -0.1) is 0 Å². The molecule has 1 unspecified atom stereocenters. The van der Waals surface area contributed by atoms with Crippen LogP contribution in [-0.4, -0.2) is 28.4 Å². The summed E-state index contributed by atoms with van der Waals surface area (Å²) in [6.07, 6.45) is 0. The van der Waals surface area contributed by atoms with E-state index in [4.69, 9.17) is 9.47 Å². The largest absolute Gasteiger partial charge is 0.493 e. The minimum Gasteiger partial charge on any atom is -0.493 e. The predicted molar refractivity (Wildman–Crippen MR) is 95.8 cm³/mol. The van der Waals surface area contributed by atoms with E-state index in [-0.39, 0.29) is 10.7 Å². The summed E-state index contributed by atoms with van der Waals surface area (Å²) >= 11 is 0. The molecule has 0 aliphatic carbocycles. The van der Waals surface area contributed by atoms with Crippen molar-refractivity contribution in [2.75, 3.05) is 14.2 Å². The van der Waals surface area contributed by atoms with Gasteiger partial charge in [0.15, 0.2) is 27.1 Å². The molecule has 2 rings (SSSR count). The standard InChI is InChI=1S/C19H22O5S/c1-13(2)18(20)19(25(21,22)15-8-6-5-7-9-15)14-10-11-16(23-3)17(12-14)24-4/h5-13,19H,1-4H3. The number of Topliss-reactive ketones (excluding diaryl/α,β-unsaturated/α-hetero) is 1. The Kier molecular flexibility index (Phi) is 5.85. The highest BCUT2D eigenvalue weighted by atomic mass is 32.2. The third kappa shape index (κ3) is 3.85. The van der Waals surface area contributed by atoms with Gasteiger partial charge in [0.25, 0.3) is 0 Å². The highest BCUT2D eigenvalue weighted by Crippen LogP contribution is 2.36. The van der Waals surface area contributed by atoms with Crippen LogP contribution in [0.1, 0.15) is 24.7 Å². The van der Waals surface area contributed by atoms with Crippen molar-refractivity contribution < 1.29 is 22.7 Å². The van der Waals surface area contributed by atoms with E-state index in [2.05, 4.69) is 0 Å². The van der Waals surface area contributed by atoms with Gasteiger partial charge < -0.3 is 9.47 Å². The predicted octanol–water partition coefficient (Wildman–Crippen LogP) is 3.44. The second-order valence-electron chi connectivity index (χ2n) is 5.91.